The standard InChI is InChI=1S/C8H8F3N5/c9-8(10,11)4-13-3-7-15-14-6-1-2-12-5-16(6)7/h1-2,5,13H,3-4H2. The van der Waals surface area contributed by atoms with Crippen molar-refractivity contribution in [3.05, 3.63) is 24.4 Å². The lowest BCUT2D eigenvalue weighted by molar-refractivity contribution is -0.125. The second kappa shape index (κ2) is 4.05. The number of nitrogens with zero attached hydrogens (tertiary/aromatic N) is 4. The van der Waals surface area contributed by atoms with Crippen molar-refractivity contribution in [2.24, 2.45) is 0 Å². The van der Waals surface area contributed by atoms with Gasteiger partial charge in [0.25, 0.3) is 0 Å². The Kier molecular flexibility index (Phi) is 2.73. The third kappa shape index (κ3) is 2.45. The van der Waals surface area contributed by atoms with Gasteiger partial charge in [0, 0.05) is 12.3 Å². The SMILES string of the molecule is FC(F)(F)CNCc1nnc2ccncn12. The van der Waals surface area contributed by atoms with Crippen molar-refractivity contribution in [3.8, 4) is 0 Å². The smallest absolute Gasteiger partial charge is 0.302 e. The first kappa shape index (κ1) is 10.8. The van der Waals surface area contributed by atoms with Gasteiger partial charge in [-0.3, -0.25) is 4.40 Å². The van der Waals surface area contributed by atoms with Gasteiger partial charge in [-0.2, -0.15) is 13.2 Å². The Morgan fingerprint density at radius 3 is 2.88 bits per heavy atom. The van der Waals surface area contributed by atoms with E-state index in [0.29, 0.717) is 11.5 Å². The Morgan fingerprint density at radius 1 is 1.31 bits per heavy atom. The summed E-state index contributed by atoms with van der Waals surface area (Å²) in [4.78, 5) is 3.84. The molecule has 2 heterocycles. The molecule has 0 aliphatic heterocycles. The molecular weight excluding hydrogens is 223 g/mol. The molecule has 5 nitrogen and oxygen atoms in total. The molecule has 8 heteroatoms. The van der Waals surface area contributed by atoms with E-state index in [1.165, 1.54) is 16.9 Å². The lowest BCUT2D eigenvalue weighted by Gasteiger charge is -2.06. The maximum atomic E-state index is 11.9. The highest BCUT2D eigenvalue weighted by atomic mass is 19.4. The average Bonchev–Trinajstić information content (AvgIpc) is 2.60. The molecule has 0 fully saturated rings. The fraction of sp³-hybridized carbons (Fsp3) is 0.375. The zero-order valence-electron chi connectivity index (χ0n) is 8.07. The summed E-state index contributed by atoms with van der Waals surface area (Å²) in [5, 5.41) is 9.79. The van der Waals surface area contributed by atoms with Crippen molar-refractivity contribution in [2.75, 3.05) is 6.54 Å². The second-order valence-corrected chi connectivity index (χ2v) is 3.14. The molecule has 0 aliphatic carbocycles. The summed E-state index contributed by atoms with van der Waals surface area (Å²) in [6, 6.07) is 1.63. The first-order chi connectivity index (χ1) is 7.56. The number of fused-ring (bicyclic) bond motifs is 1. The van der Waals surface area contributed by atoms with Crippen LogP contribution in [0.25, 0.3) is 5.65 Å². The summed E-state index contributed by atoms with van der Waals surface area (Å²) >= 11 is 0. The Balaban J connectivity index is 2.05. The predicted octanol–water partition coefficient (Wildman–Crippen LogP) is 0.776. The van der Waals surface area contributed by atoms with E-state index >= 15 is 0 Å². The van der Waals surface area contributed by atoms with E-state index in [1.54, 1.807) is 6.07 Å². The van der Waals surface area contributed by atoms with E-state index in [1.807, 2.05) is 0 Å². The average molecular weight is 231 g/mol. The van der Waals surface area contributed by atoms with Gasteiger partial charge in [-0.15, -0.1) is 10.2 Å². The zero-order valence-corrected chi connectivity index (χ0v) is 8.07. The number of aromatic nitrogens is 4. The summed E-state index contributed by atoms with van der Waals surface area (Å²) in [7, 11) is 0. The minimum atomic E-state index is -4.22. The molecule has 2 aromatic heterocycles. The van der Waals surface area contributed by atoms with Gasteiger partial charge in [-0.1, -0.05) is 0 Å². The molecule has 0 atom stereocenters. The van der Waals surface area contributed by atoms with Crippen LogP contribution in [0.4, 0.5) is 13.2 Å². The Bertz CT molecular complexity index is 478. The molecule has 0 unspecified atom stereocenters. The highest BCUT2D eigenvalue weighted by Gasteiger charge is 2.26. The highest BCUT2D eigenvalue weighted by Crippen LogP contribution is 2.12. The monoisotopic (exact) mass is 231 g/mol. The maximum Gasteiger partial charge on any atom is 0.401 e. The summed E-state index contributed by atoms with van der Waals surface area (Å²) in [5.74, 6) is 0.396. The lowest BCUT2D eigenvalue weighted by atomic mass is 10.5. The lowest BCUT2D eigenvalue weighted by Crippen LogP contribution is -2.28. The first-order valence-corrected chi connectivity index (χ1v) is 4.47. The van der Waals surface area contributed by atoms with E-state index < -0.39 is 12.7 Å². The minimum Gasteiger partial charge on any atom is -0.302 e. The van der Waals surface area contributed by atoms with Crippen molar-refractivity contribution in [1.29, 1.82) is 0 Å². The van der Waals surface area contributed by atoms with Crippen LogP contribution in [-0.4, -0.2) is 32.3 Å². The van der Waals surface area contributed by atoms with Crippen LogP contribution in [0.2, 0.25) is 0 Å². The van der Waals surface area contributed by atoms with Crippen LogP contribution in [0.5, 0.6) is 0 Å². The van der Waals surface area contributed by atoms with Gasteiger partial charge < -0.3 is 5.32 Å². The summed E-state index contributed by atoms with van der Waals surface area (Å²) in [6.07, 6.45) is -1.23. The molecule has 0 radical (unpaired) electrons. The first-order valence-electron chi connectivity index (χ1n) is 4.47. The summed E-state index contributed by atoms with van der Waals surface area (Å²) in [5.41, 5.74) is 0.554. The molecule has 0 bridgehead atoms. The quantitative estimate of drug-likeness (QED) is 0.848. The van der Waals surface area contributed by atoms with Gasteiger partial charge in [0.1, 0.15) is 6.33 Å². The van der Waals surface area contributed by atoms with Crippen LogP contribution < -0.4 is 5.32 Å². The normalized spacial score (nSPS) is 12.2. The van der Waals surface area contributed by atoms with Gasteiger partial charge in [0.2, 0.25) is 0 Å². The molecule has 0 amide bonds. The van der Waals surface area contributed by atoms with Crippen molar-refractivity contribution in [1.82, 2.24) is 24.9 Å². The molecule has 86 valence electrons. The van der Waals surface area contributed by atoms with Crippen LogP contribution in [-0.2, 0) is 6.54 Å². The highest BCUT2D eigenvalue weighted by molar-refractivity contribution is 5.35. The Labute approximate surface area is 88.3 Å². The fourth-order valence-corrected chi connectivity index (χ4v) is 1.23. The number of alkyl halides is 3. The van der Waals surface area contributed by atoms with E-state index in [4.69, 9.17) is 0 Å². The van der Waals surface area contributed by atoms with Gasteiger partial charge in [0.15, 0.2) is 11.5 Å². The van der Waals surface area contributed by atoms with Gasteiger partial charge in [0.05, 0.1) is 13.1 Å². The van der Waals surface area contributed by atoms with E-state index in [-0.39, 0.29) is 6.54 Å². The van der Waals surface area contributed by atoms with Gasteiger partial charge in [-0.25, -0.2) is 4.98 Å². The zero-order chi connectivity index (χ0) is 11.6. The maximum absolute atomic E-state index is 11.9. The summed E-state index contributed by atoms with van der Waals surface area (Å²) < 4.78 is 37.2. The van der Waals surface area contributed by atoms with E-state index in [0.717, 1.165) is 0 Å². The van der Waals surface area contributed by atoms with Crippen molar-refractivity contribution < 1.29 is 13.2 Å². The molecular formula is C8H8F3N5. The molecule has 2 rings (SSSR count). The van der Waals surface area contributed by atoms with Crippen LogP contribution in [0, 0.1) is 0 Å². The van der Waals surface area contributed by atoms with Crippen molar-refractivity contribution in [2.45, 2.75) is 12.7 Å². The molecule has 2 aromatic rings. The van der Waals surface area contributed by atoms with Crippen LogP contribution >= 0.6 is 0 Å². The number of hydrogen-bond acceptors (Lipinski definition) is 4. The van der Waals surface area contributed by atoms with Crippen LogP contribution in [0.3, 0.4) is 0 Å². The Morgan fingerprint density at radius 2 is 2.12 bits per heavy atom. The van der Waals surface area contributed by atoms with Crippen LogP contribution in [0.15, 0.2) is 18.6 Å². The largest absolute Gasteiger partial charge is 0.401 e. The topological polar surface area (TPSA) is 55.1 Å². The number of nitrogens with one attached hydrogen (secondary N) is 1. The van der Waals surface area contributed by atoms with Crippen molar-refractivity contribution >= 4 is 5.65 Å². The molecule has 0 saturated heterocycles. The molecule has 1 N–H and O–H groups in total. The number of halogens is 3. The second-order valence-electron chi connectivity index (χ2n) is 3.14. The molecule has 0 aliphatic rings. The molecule has 16 heavy (non-hydrogen) atoms. The third-order valence-corrected chi connectivity index (χ3v) is 1.89. The third-order valence-electron chi connectivity index (χ3n) is 1.89. The number of hydrogen-bond donors (Lipinski definition) is 1. The van der Waals surface area contributed by atoms with Crippen LogP contribution in [0.1, 0.15) is 5.82 Å². The predicted molar refractivity (Wildman–Crippen MR) is 48.5 cm³/mol. The van der Waals surface area contributed by atoms with Crippen molar-refractivity contribution in [3.63, 3.8) is 0 Å². The molecule has 0 saturated carbocycles. The number of rotatable bonds is 3. The molecule has 0 aromatic carbocycles. The minimum absolute atomic E-state index is 0.00757. The van der Waals surface area contributed by atoms with Gasteiger partial charge >= 0.3 is 6.18 Å². The van der Waals surface area contributed by atoms with E-state index in [9.17, 15) is 13.2 Å². The summed E-state index contributed by atoms with van der Waals surface area (Å²) in [6.45, 7) is -1.06. The Hall–Kier alpha value is -1.70. The fourth-order valence-electron chi connectivity index (χ4n) is 1.23. The van der Waals surface area contributed by atoms with E-state index in [2.05, 4.69) is 20.5 Å². The molecule has 0 spiro atoms. The van der Waals surface area contributed by atoms with Gasteiger partial charge in [-0.05, 0) is 0 Å².